The Hall–Kier alpha value is -0.610. The standard InChI is InChI=1S/C11H23N3O/c1-8(9-3-4-9)7-14-10(6-12)5-11(15)13-2/h8-10,14H,3-7,12H2,1-2H3,(H,13,15). The molecule has 0 aromatic heterocycles. The molecular formula is C11H23N3O. The van der Waals surface area contributed by atoms with Gasteiger partial charge in [-0.25, -0.2) is 0 Å². The maximum atomic E-state index is 11.2. The molecule has 0 heterocycles. The molecule has 1 saturated carbocycles. The summed E-state index contributed by atoms with van der Waals surface area (Å²) in [7, 11) is 1.66. The molecule has 4 heteroatoms. The molecule has 0 saturated heterocycles. The van der Waals surface area contributed by atoms with Crippen LogP contribution in [0.3, 0.4) is 0 Å². The van der Waals surface area contributed by atoms with Gasteiger partial charge in [0.25, 0.3) is 0 Å². The summed E-state index contributed by atoms with van der Waals surface area (Å²) in [5, 5.41) is 5.99. The molecule has 0 aromatic carbocycles. The number of nitrogens with one attached hydrogen (secondary N) is 2. The zero-order chi connectivity index (χ0) is 11.3. The number of hydrogen-bond donors (Lipinski definition) is 3. The smallest absolute Gasteiger partial charge is 0.221 e. The molecule has 0 aliphatic heterocycles. The van der Waals surface area contributed by atoms with Crippen LogP contribution in [0, 0.1) is 11.8 Å². The number of nitrogens with two attached hydrogens (primary N) is 1. The number of amides is 1. The van der Waals surface area contributed by atoms with Gasteiger partial charge in [0.1, 0.15) is 0 Å². The van der Waals surface area contributed by atoms with Crippen molar-refractivity contribution in [1.82, 2.24) is 10.6 Å². The normalized spacial score (nSPS) is 19.7. The average molecular weight is 213 g/mol. The average Bonchev–Trinajstić information content (AvgIpc) is 3.06. The number of hydrogen-bond acceptors (Lipinski definition) is 3. The van der Waals surface area contributed by atoms with Crippen molar-refractivity contribution < 1.29 is 4.79 Å². The first-order valence-corrected chi connectivity index (χ1v) is 5.81. The number of carbonyl (C=O) groups is 1. The van der Waals surface area contributed by atoms with E-state index in [1.165, 1.54) is 12.8 Å². The summed E-state index contributed by atoms with van der Waals surface area (Å²) >= 11 is 0. The third-order valence-electron chi connectivity index (χ3n) is 3.15. The fraction of sp³-hybridized carbons (Fsp3) is 0.909. The van der Waals surface area contributed by atoms with Crippen molar-refractivity contribution in [2.24, 2.45) is 17.6 Å². The summed E-state index contributed by atoms with van der Waals surface area (Å²) in [6, 6.07) is 0.117. The second kappa shape index (κ2) is 6.08. The molecule has 1 amide bonds. The van der Waals surface area contributed by atoms with Crippen LogP contribution in [0.4, 0.5) is 0 Å². The number of carbonyl (C=O) groups excluding carboxylic acids is 1. The first-order valence-electron chi connectivity index (χ1n) is 5.81. The minimum atomic E-state index is 0.0528. The molecule has 2 unspecified atom stereocenters. The van der Waals surface area contributed by atoms with Gasteiger partial charge in [0.2, 0.25) is 5.91 Å². The van der Waals surface area contributed by atoms with Crippen LogP contribution in [-0.4, -0.2) is 32.1 Å². The lowest BCUT2D eigenvalue weighted by Gasteiger charge is -2.19. The Labute approximate surface area is 92.0 Å². The SMILES string of the molecule is CNC(=O)CC(CN)NCC(C)C1CC1. The largest absolute Gasteiger partial charge is 0.359 e. The monoisotopic (exact) mass is 213 g/mol. The topological polar surface area (TPSA) is 67.2 Å². The fourth-order valence-corrected chi connectivity index (χ4v) is 1.75. The highest BCUT2D eigenvalue weighted by molar-refractivity contribution is 5.76. The molecular weight excluding hydrogens is 190 g/mol. The van der Waals surface area contributed by atoms with Gasteiger partial charge in [0.05, 0.1) is 0 Å². The molecule has 1 rings (SSSR count). The lowest BCUT2D eigenvalue weighted by atomic mass is 10.1. The van der Waals surface area contributed by atoms with Gasteiger partial charge in [-0.15, -0.1) is 0 Å². The molecule has 15 heavy (non-hydrogen) atoms. The molecule has 1 aliphatic carbocycles. The van der Waals surface area contributed by atoms with Crippen LogP contribution in [0.15, 0.2) is 0 Å². The van der Waals surface area contributed by atoms with Crippen molar-refractivity contribution in [1.29, 1.82) is 0 Å². The van der Waals surface area contributed by atoms with E-state index < -0.39 is 0 Å². The van der Waals surface area contributed by atoms with E-state index in [2.05, 4.69) is 17.6 Å². The zero-order valence-corrected chi connectivity index (χ0v) is 9.75. The van der Waals surface area contributed by atoms with Crippen LogP contribution in [0.2, 0.25) is 0 Å². The van der Waals surface area contributed by atoms with E-state index in [1.54, 1.807) is 7.05 Å². The van der Waals surface area contributed by atoms with Gasteiger partial charge in [0, 0.05) is 26.1 Å². The Bertz CT molecular complexity index is 204. The number of rotatable bonds is 7. The third kappa shape index (κ3) is 4.62. The van der Waals surface area contributed by atoms with Crippen molar-refractivity contribution in [2.45, 2.75) is 32.2 Å². The lowest BCUT2D eigenvalue weighted by Crippen LogP contribution is -2.42. The van der Waals surface area contributed by atoms with Crippen LogP contribution >= 0.6 is 0 Å². The van der Waals surface area contributed by atoms with E-state index in [1.807, 2.05) is 0 Å². The van der Waals surface area contributed by atoms with Crippen LogP contribution < -0.4 is 16.4 Å². The second-order valence-electron chi connectivity index (χ2n) is 4.53. The zero-order valence-electron chi connectivity index (χ0n) is 9.75. The van der Waals surface area contributed by atoms with Crippen LogP contribution in [0.1, 0.15) is 26.2 Å². The maximum absolute atomic E-state index is 11.2. The molecule has 88 valence electrons. The molecule has 1 aliphatic rings. The third-order valence-corrected chi connectivity index (χ3v) is 3.15. The van der Waals surface area contributed by atoms with Crippen molar-refractivity contribution in [3.63, 3.8) is 0 Å². The molecule has 0 aromatic rings. The minimum absolute atomic E-state index is 0.0528. The highest BCUT2D eigenvalue weighted by Crippen LogP contribution is 2.36. The van der Waals surface area contributed by atoms with E-state index >= 15 is 0 Å². The van der Waals surface area contributed by atoms with E-state index in [4.69, 9.17) is 5.73 Å². The Kier molecular flexibility index (Phi) is 5.05. The quantitative estimate of drug-likeness (QED) is 0.561. The first-order chi connectivity index (χ1) is 7.17. The first kappa shape index (κ1) is 12.5. The molecule has 2 atom stereocenters. The maximum Gasteiger partial charge on any atom is 0.221 e. The van der Waals surface area contributed by atoms with Gasteiger partial charge >= 0.3 is 0 Å². The Morgan fingerprint density at radius 2 is 2.20 bits per heavy atom. The van der Waals surface area contributed by atoms with Crippen LogP contribution in [-0.2, 0) is 4.79 Å². The van der Waals surface area contributed by atoms with Crippen LogP contribution in [0.25, 0.3) is 0 Å². The summed E-state index contributed by atoms with van der Waals surface area (Å²) in [5.41, 5.74) is 5.61. The van der Waals surface area contributed by atoms with Crippen molar-refractivity contribution in [3.8, 4) is 0 Å². The van der Waals surface area contributed by atoms with Gasteiger partial charge in [-0.1, -0.05) is 6.92 Å². The van der Waals surface area contributed by atoms with Gasteiger partial charge in [0.15, 0.2) is 0 Å². The second-order valence-corrected chi connectivity index (χ2v) is 4.53. The predicted molar refractivity (Wildman–Crippen MR) is 61.4 cm³/mol. The summed E-state index contributed by atoms with van der Waals surface area (Å²) < 4.78 is 0. The van der Waals surface area contributed by atoms with E-state index in [0.29, 0.717) is 18.9 Å². The molecule has 0 bridgehead atoms. The molecule has 4 N–H and O–H groups in total. The van der Waals surface area contributed by atoms with E-state index in [-0.39, 0.29) is 11.9 Å². The highest BCUT2D eigenvalue weighted by atomic mass is 16.1. The Balaban J connectivity index is 2.17. The summed E-state index contributed by atoms with van der Waals surface area (Å²) in [4.78, 5) is 11.2. The van der Waals surface area contributed by atoms with Crippen molar-refractivity contribution in [2.75, 3.05) is 20.1 Å². The molecule has 4 nitrogen and oxygen atoms in total. The van der Waals surface area contributed by atoms with Crippen molar-refractivity contribution >= 4 is 5.91 Å². The molecule has 0 radical (unpaired) electrons. The molecule has 0 spiro atoms. The van der Waals surface area contributed by atoms with Gasteiger partial charge < -0.3 is 16.4 Å². The summed E-state index contributed by atoms with van der Waals surface area (Å²) in [6.07, 6.45) is 3.21. The van der Waals surface area contributed by atoms with Gasteiger partial charge in [-0.05, 0) is 31.2 Å². The highest BCUT2D eigenvalue weighted by Gasteiger charge is 2.27. The molecule has 1 fully saturated rings. The lowest BCUT2D eigenvalue weighted by molar-refractivity contribution is -0.121. The van der Waals surface area contributed by atoms with Crippen LogP contribution in [0.5, 0.6) is 0 Å². The van der Waals surface area contributed by atoms with Gasteiger partial charge in [-0.2, -0.15) is 0 Å². The van der Waals surface area contributed by atoms with E-state index in [9.17, 15) is 4.79 Å². The van der Waals surface area contributed by atoms with Gasteiger partial charge in [-0.3, -0.25) is 4.79 Å². The minimum Gasteiger partial charge on any atom is -0.359 e. The Morgan fingerprint density at radius 3 is 2.67 bits per heavy atom. The Morgan fingerprint density at radius 1 is 1.53 bits per heavy atom. The fourth-order valence-electron chi connectivity index (χ4n) is 1.75. The summed E-state index contributed by atoms with van der Waals surface area (Å²) in [6.45, 7) is 3.76. The van der Waals surface area contributed by atoms with E-state index in [0.717, 1.165) is 12.5 Å². The summed E-state index contributed by atoms with van der Waals surface area (Å²) in [5.74, 6) is 1.66. The van der Waals surface area contributed by atoms with Crippen molar-refractivity contribution in [3.05, 3.63) is 0 Å². The predicted octanol–water partition coefficient (Wildman–Crippen LogP) is 0.0855.